The molecule has 0 spiro atoms. The van der Waals surface area contributed by atoms with Gasteiger partial charge in [-0.1, -0.05) is 0 Å². The molecule has 2 rings (SSSR count). The van der Waals surface area contributed by atoms with E-state index in [0.29, 0.717) is 5.95 Å². The second kappa shape index (κ2) is 3.18. The topological polar surface area (TPSA) is 56.7 Å². The summed E-state index contributed by atoms with van der Waals surface area (Å²) in [7, 11) is 0. The smallest absolute Gasteiger partial charge is 0.205 e. The molecule has 2 N–H and O–H groups in total. The molecular formula is C8H7BrN4. The molecule has 66 valence electrons. The average Bonchev–Trinajstić information content (AvgIpc) is 2.47. The van der Waals surface area contributed by atoms with Gasteiger partial charge in [-0.25, -0.2) is 4.98 Å². The Morgan fingerprint density at radius 3 is 2.54 bits per heavy atom. The van der Waals surface area contributed by atoms with Crippen molar-refractivity contribution in [2.75, 3.05) is 5.73 Å². The van der Waals surface area contributed by atoms with E-state index in [4.69, 9.17) is 5.73 Å². The highest BCUT2D eigenvalue weighted by atomic mass is 79.9. The highest BCUT2D eigenvalue weighted by Crippen LogP contribution is 2.16. The number of nitrogens with two attached hydrogens (primary N) is 1. The minimum Gasteiger partial charge on any atom is -0.369 e. The number of rotatable bonds is 1. The lowest BCUT2D eigenvalue weighted by Crippen LogP contribution is -1.99. The van der Waals surface area contributed by atoms with E-state index in [1.807, 2.05) is 18.3 Å². The van der Waals surface area contributed by atoms with Crippen molar-refractivity contribution in [3.05, 3.63) is 35.3 Å². The Kier molecular flexibility index (Phi) is 2.02. The SMILES string of the molecule is Nc1nc(Br)cn1-c1ccncc1. The molecule has 0 radical (unpaired) electrons. The molecule has 0 saturated heterocycles. The van der Waals surface area contributed by atoms with Crippen LogP contribution in [-0.2, 0) is 0 Å². The third kappa shape index (κ3) is 1.55. The molecule has 13 heavy (non-hydrogen) atoms. The fourth-order valence-corrected chi connectivity index (χ4v) is 1.46. The van der Waals surface area contributed by atoms with Gasteiger partial charge in [-0.05, 0) is 28.1 Å². The third-order valence-electron chi connectivity index (χ3n) is 1.64. The number of imidazole rings is 1. The molecule has 2 aromatic rings. The third-order valence-corrected chi connectivity index (χ3v) is 2.03. The summed E-state index contributed by atoms with van der Waals surface area (Å²) in [5.74, 6) is 0.457. The lowest BCUT2D eigenvalue weighted by atomic mass is 10.4. The predicted octanol–water partition coefficient (Wildman–Crippen LogP) is 1.61. The molecular weight excluding hydrogens is 232 g/mol. The molecule has 5 heteroatoms. The molecule has 0 bridgehead atoms. The van der Waals surface area contributed by atoms with Gasteiger partial charge < -0.3 is 5.73 Å². The van der Waals surface area contributed by atoms with Crippen LogP contribution < -0.4 is 5.73 Å². The first-order valence-electron chi connectivity index (χ1n) is 3.68. The summed E-state index contributed by atoms with van der Waals surface area (Å²) < 4.78 is 2.51. The molecule has 0 unspecified atom stereocenters. The van der Waals surface area contributed by atoms with Crippen LogP contribution in [0.15, 0.2) is 35.3 Å². The van der Waals surface area contributed by atoms with Gasteiger partial charge in [0.2, 0.25) is 5.95 Å². The Labute approximate surface area is 83.6 Å². The molecule has 0 saturated carbocycles. The molecule has 0 aliphatic heterocycles. The van der Waals surface area contributed by atoms with Crippen molar-refractivity contribution in [3.8, 4) is 5.69 Å². The summed E-state index contributed by atoms with van der Waals surface area (Å²) in [6.45, 7) is 0. The van der Waals surface area contributed by atoms with E-state index in [0.717, 1.165) is 10.3 Å². The van der Waals surface area contributed by atoms with Crippen molar-refractivity contribution in [2.24, 2.45) is 0 Å². The van der Waals surface area contributed by atoms with E-state index in [1.165, 1.54) is 0 Å². The van der Waals surface area contributed by atoms with E-state index in [1.54, 1.807) is 17.0 Å². The van der Waals surface area contributed by atoms with Crippen molar-refractivity contribution >= 4 is 21.9 Å². The minimum atomic E-state index is 0.457. The summed E-state index contributed by atoms with van der Waals surface area (Å²) in [4.78, 5) is 7.95. The van der Waals surface area contributed by atoms with Gasteiger partial charge in [0.15, 0.2) is 0 Å². The Hall–Kier alpha value is -1.36. The first kappa shape index (κ1) is 8.25. The lowest BCUT2D eigenvalue weighted by molar-refractivity contribution is 1.06. The molecule has 0 aliphatic carbocycles. The van der Waals surface area contributed by atoms with Crippen LogP contribution in [0.2, 0.25) is 0 Å². The second-order valence-electron chi connectivity index (χ2n) is 2.50. The van der Waals surface area contributed by atoms with E-state index >= 15 is 0 Å². The van der Waals surface area contributed by atoms with Crippen LogP contribution in [0.3, 0.4) is 0 Å². The maximum Gasteiger partial charge on any atom is 0.205 e. The number of pyridine rings is 1. The van der Waals surface area contributed by atoms with Gasteiger partial charge in [-0.2, -0.15) is 0 Å². The number of anilines is 1. The highest BCUT2D eigenvalue weighted by Gasteiger charge is 2.03. The lowest BCUT2D eigenvalue weighted by Gasteiger charge is -2.01. The number of hydrogen-bond acceptors (Lipinski definition) is 3. The summed E-state index contributed by atoms with van der Waals surface area (Å²) >= 11 is 3.25. The van der Waals surface area contributed by atoms with Gasteiger partial charge in [-0.3, -0.25) is 9.55 Å². The van der Waals surface area contributed by atoms with E-state index in [-0.39, 0.29) is 0 Å². The molecule has 2 aromatic heterocycles. The van der Waals surface area contributed by atoms with Crippen LogP contribution >= 0.6 is 15.9 Å². The maximum atomic E-state index is 5.67. The fourth-order valence-electron chi connectivity index (χ4n) is 1.08. The molecule has 0 aliphatic rings. The average molecular weight is 239 g/mol. The van der Waals surface area contributed by atoms with Crippen LogP contribution in [0.25, 0.3) is 5.69 Å². The van der Waals surface area contributed by atoms with E-state index < -0.39 is 0 Å². The molecule has 0 fully saturated rings. The highest BCUT2D eigenvalue weighted by molar-refractivity contribution is 9.10. The van der Waals surface area contributed by atoms with Crippen molar-refractivity contribution in [3.63, 3.8) is 0 Å². The van der Waals surface area contributed by atoms with Gasteiger partial charge in [0.05, 0.1) is 5.69 Å². The number of aromatic nitrogens is 3. The number of hydrogen-bond donors (Lipinski definition) is 1. The maximum absolute atomic E-state index is 5.67. The normalized spacial score (nSPS) is 10.2. The molecule has 0 atom stereocenters. The van der Waals surface area contributed by atoms with Crippen molar-refractivity contribution in [1.29, 1.82) is 0 Å². The van der Waals surface area contributed by atoms with Crippen LogP contribution in [-0.4, -0.2) is 14.5 Å². The zero-order valence-corrected chi connectivity index (χ0v) is 8.27. The quantitative estimate of drug-likeness (QED) is 0.822. The van der Waals surface area contributed by atoms with Crippen molar-refractivity contribution < 1.29 is 0 Å². The second-order valence-corrected chi connectivity index (χ2v) is 3.31. The number of nitrogen functional groups attached to an aromatic ring is 1. The summed E-state index contributed by atoms with van der Waals surface area (Å²) in [5.41, 5.74) is 6.62. The fraction of sp³-hybridized carbons (Fsp3) is 0. The zero-order chi connectivity index (χ0) is 9.26. The van der Waals surface area contributed by atoms with Gasteiger partial charge in [0.25, 0.3) is 0 Å². The summed E-state index contributed by atoms with van der Waals surface area (Å²) in [6, 6.07) is 3.73. The van der Waals surface area contributed by atoms with Gasteiger partial charge >= 0.3 is 0 Å². The van der Waals surface area contributed by atoms with Crippen LogP contribution in [0.4, 0.5) is 5.95 Å². The van der Waals surface area contributed by atoms with E-state index in [9.17, 15) is 0 Å². The Morgan fingerprint density at radius 2 is 2.00 bits per heavy atom. The van der Waals surface area contributed by atoms with Gasteiger partial charge in [-0.15, -0.1) is 0 Å². The molecule has 4 nitrogen and oxygen atoms in total. The Bertz CT molecular complexity index is 409. The van der Waals surface area contributed by atoms with Gasteiger partial charge in [0.1, 0.15) is 4.60 Å². The van der Waals surface area contributed by atoms with Gasteiger partial charge in [0, 0.05) is 18.6 Å². The first-order chi connectivity index (χ1) is 6.27. The largest absolute Gasteiger partial charge is 0.369 e. The van der Waals surface area contributed by atoms with Crippen LogP contribution in [0, 0.1) is 0 Å². The Morgan fingerprint density at radius 1 is 1.31 bits per heavy atom. The minimum absolute atomic E-state index is 0.457. The molecule has 2 heterocycles. The monoisotopic (exact) mass is 238 g/mol. The molecule has 0 aromatic carbocycles. The zero-order valence-electron chi connectivity index (χ0n) is 6.68. The predicted molar refractivity (Wildman–Crippen MR) is 53.5 cm³/mol. The number of halogens is 1. The summed E-state index contributed by atoms with van der Waals surface area (Å²) in [6.07, 6.45) is 5.23. The molecule has 0 amide bonds. The summed E-state index contributed by atoms with van der Waals surface area (Å²) in [5, 5.41) is 0. The van der Waals surface area contributed by atoms with Crippen LogP contribution in [0.1, 0.15) is 0 Å². The standard InChI is InChI=1S/C8H7BrN4/c9-7-5-13(8(10)12-7)6-1-3-11-4-2-6/h1-5H,(H2,10,12). The Balaban J connectivity index is 2.53. The van der Waals surface area contributed by atoms with Crippen molar-refractivity contribution in [2.45, 2.75) is 0 Å². The first-order valence-corrected chi connectivity index (χ1v) is 4.47. The van der Waals surface area contributed by atoms with Crippen molar-refractivity contribution in [1.82, 2.24) is 14.5 Å². The van der Waals surface area contributed by atoms with E-state index in [2.05, 4.69) is 25.9 Å². The van der Waals surface area contributed by atoms with Crippen LogP contribution in [0.5, 0.6) is 0 Å². The number of nitrogens with zero attached hydrogens (tertiary/aromatic N) is 3.